The maximum atomic E-state index is 12.7. The maximum Gasteiger partial charge on any atom is 0.140 e. The van der Waals surface area contributed by atoms with Crippen LogP contribution >= 0.6 is 12.6 Å². The third-order valence-electron chi connectivity index (χ3n) is 6.75. The van der Waals surface area contributed by atoms with Gasteiger partial charge in [-0.05, 0) is 62.9 Å². The van der Waals surface area contributed by atoms with E-state index in [-0.39, 0.29) is 10.8 Å². The molecule has 0 amide bonds. The van der Waals surface area contributed by atoms with Crippen molar-refractivity contribution >= 4 is 24.0 Å². The number of aliphatic hydroxyl groups is 1. The van der Waals surface area contributed by atoms with E-state index in [0.29, 0.717) is 0 Å². The molecule has 0 aromatic heterocycles. The van der Waals surface area contributed by atoms with Crippen LogP contribution in [0.1, 0.15) is 69.4 Å². The summed E-state index contributed by atoms with van der Waals surface area (Å²) in [5.74, 6) is 0. The predicted molar refractivity (Wildman–Crippen MR) is 155 cm³/mol. The summed E-state index contributed by atoms with van der Waals surface area (Å²) in [6.07, 6.45) is 0. The molecule has 3 aromatic rings. The number of thiol groups is 1. The smallest absolute Gasteiger partial charge is 0.140 e. The summed E-state index contributed by atoms with van der Waals surface area (Å²) in [5, 5.41) is 12.7. The molecule has 0 aliphatic heterocycles. The topological polar surface area (TPSA) is 26.7 Å². The van der Waals surface area contributed by atoms with Crippen molar-refractivity contribution in [1.29, 1.82) is 0 Å². The molecule has 0 saturated carbocycles. The van der Waals surface area contributed by atoms with Crippen LogP contribution in [0.2, 0.25) is 0 Å². The van der Waals surface area contributed by atoms with Gasteiger partial charge >= 0.3 is 0 Å². The van der Waals surface area contributed by atoms with Gasteiger partial charge in [0.25, 0.3) is 0 Å². The Bertz CT molecular complexity index is 1080. The molecule has 0 fully saturated rings. The van der Waals surface area contributed by atoms with Crippen molar-refractivity contribution in [2.45, 2.75) is 62.9 Å². The highest BCUT2D eigenvalue weighted by Crippen LogP contribution is 2.44. The Balaban J connectivity index is 2.38. The third-order valence-corrected chi connectivity index (χ3v) is 7.23. The van der Waals surface area contributed by atoms with Crippen LogP contribution in [0.4, 0.5) is 11.4 Å². The average molecular weight is 491 g/mol. The molecule has 0 atom stereocenters. The van der Waals surface area contributed by atoms with Crippen molar-refractivity contribution in [1.82, 2.24) is 0 Å². The van der Waals surface area contributed by atoms with E-state index in [9.17, 15) is 5.11 Å². The normalized spacial score (nSPS) is 12.6. The first-order chi connectivity index (χ1) is 16.1. The lowest BCUT2D eigenvalue weighted by atomic mass is 9.74. The van der Waals surface area contributed by atoms with Crippen molar-refractivity contribution < 1.29 is 5.11 Å². The van der Waals surface area contributed by atoms with Gasteiger partial charge in [-0.25, -0.2) is 0 Å². The lowest BCUT2D eigenvalue weighted by Gasteiger charge is -2.35. The molecule has 0 heterocycles. The Kier molecular flexibility index (Phi) is 7.41. The van der Waals surface area contributed by atoms with Crippen LogP contribution in [0.5, 0.6) is 0 Å². The summed E-state index contributed by atoms with van der Waals surface area (Å²) in [6, 6.07) is 20.7. The fraction of sp³-hybridized carbons (Fsp3) is 0.419. The first-order valence-corrected chi connectivity index (χ1v) is 12.7. The van der Waals surface area contributed by atoms with Gasteiger partial charge in [-0.15, -0.1) is 12.6 Å². The molecule has 3 rings (SSSR count). The third kappa shape index (κ3) is 5.39. The predicted octanol–water partition coefficient (Wildman–Crippen LogP) is 6.99. The highest BCUT2D eigenvalue weighted by Gasteiger charge is 2.37. The minimum Gasteiger partial charge on any atom is -0.378 e. The lowest BCUT2D eigenvalue weighted by molar-refractivity contribution is 0.125. The van der Waals surface area contributed by atoms with E-state index < -0.39 is 5.60 Å². The van der Waals surface area contributed by atoms with Crippen molar-refractivity contribution in [3.05, 3.63) is 88.5 Å². The minimum absolute atomic E-state index is 0.127. The Morgan fingerprint density at radius 2 is 0.886 bits per heavy atom. The van der Waals surface area contributed by atoms with Gasteiger partial charge in [-0.2, -0.15) is 0 Å². The molecule has 188 valence electrons. The quantitative estimate of drug-likeness (QED) is 0.298. The number of hydrogen-bond acceptors (Lipinski definition) is 4. The largest absolute Gasteiger partial charge is 0.378 e. The molecule has 0 aliphatic rings. The van der Waals surface area contributed by atoms with Crippen molar-refractivity contribution in [2.75, 3.05) is 38.0 Å². The molecule has 3 nitrogen and oxygen atoms in total. The van der Waals surface area contributed by atoms with Crippen LogP contribution in [0.15, 0.2) is 65.6 Å². The molecular weight excluding hydrogens is 448 g/mol. The Labute approximate surface area is 218 Å². The first-order valence-electron chi connectivity index (χ1n) is 12.2. The number of benzene rings is 3. The zero-order valence-corrected chi connectivity index (χ0v) is 24.0. The van der Waals surface area contributed by atoms with E-state index in [4.69, 9.17) is 12.6 Å². The number of anilines is 2. The summed E-state index contributed by atoms with van der Waals surface area (Å²) < 4.78 is 0. The van der Waals surface area contributed by atoms with Crippen LogP contribution in [-0.2, 0) is 16.4 Å². The highest BCUT2D eigenvalue weighted by atomic mass is 32.1. The first kappa shape index (κ1) is 27.2. The van der Waals surface area contributed by atoms with E-state index in [1.165, 1.54) is 0 Å². The molecule has 0 unspecified atom stereocenters. The van der Waals surface area contributed by atoms with Gasteiger partial charge in [0.15, 0.2) is 0 Å². The SMILES string of the molecule is CN(C)c1ccc(C(O)(c2ccc(N(C)C)cc2)c2cc(C(C)(C)C)c(S)c(C(C)(C)C)c2)cc1. The second-order valence-electron chi connectivity index (χ2n) is 12.0. The average Bonchev–Trinajstić information content (AvgIpc) is 2.77. The molecule has 1 N–H and O–H groups in total. The molecule has 35 heavy (non-hydrogen) atoms. The van der Waals surface area contributed by atoms with Gasteiger partial charge in [0.2, 0.25) is 0 Å². The van der Waals surface area contributed by atoms with Crippen molar-refractivity contribution in [2.24, 2.45) is 0 Å². The van der Waals surface area contributed by atoms with Crippen LogP contribution in [0, 0.1) is 0 Å². The molecule has 3 aromatic carbocycles. The maximum absolute atomic E-state index is 12.7. The fourth-order valence-corrected chi connectivity index (χ4v) is 5.29. The van der Waals surface area contributed by atoms with Crippen LogP contribution < -0.4 is 9.80 Å². The van der Waals surface area contributed by atoms with Gasteiger partial charge in [0.1, 0.15) is 5.60 Å². The van der Waals surface area contributed by atoms with Crippen molar-refractivity contribution in [3.8, 4) is 0 Å². The highest BCUT2D eigenvalue weighted by molar-refractivity contribution is 7.80. The Hall–Kier alpha value is -2.43. The van der Waals surface area contributed by atoms with Crippen LogP contribution in [-0.4, -0.2) is 33.3 Å². The number of hydrogen-bond donors (Lipinski definition) is 2. The molecular formula is C31H42N2OS. The summed E-state index contributed by atoms with van der Waals surface area (Å²) >= 11 is 5.00. The van der Waals surface area contributed by atoms with E-state index >= 15 is 0 Å². The molecule has 0 radical (unpaired) electrons. The van der Waals surface area contributed by atoms with Gasteiger partial charge in [0.05, 0.1) is 0 Å². The van der Waals surface area contributed by atoms with Gasteiger partial charge in [-0.3, -0.25) is 0 Å². The van der Waals surface area contributed by atoms with Crippen LogP contribution in [0.25, 0.3) is 0 Å². The van der Waals surface area contributed by atoms with Gasteiger partial charge < -0.3 is 14.9 Å². The Morgan fingerprint density at radius 3 is 1.14 bits per heavy atom. The zero-order valence-electron chi connectivity index (χ0n) is 23.1. The summed E-state index contributed by atoms with van der Waals surface area (Å²) in [6.45, 7) is 13.2. The lowest BCUT2D eigenvalue weighted by Crippen LogP contribution is -2.31. The summed E-state index contributed by atoms with van der Waals surface area (Å²) in [4.78, 5) is 5.14. The van der Waals surface area contributed by atoms with E-state index in [1.807, 2.05) is 52.5 Å². The molecule has 4 heteroatoms. The summed E-state index contributed by atoms with van der Waals surface area (Å²) in [7, 11) is 8.10. The zero-order chi connectivity index (χ0) is 26.3. The standard InChI is InChI=1S/C31H42N2OS/c1-29(2,3)26-19-23(20-27(28(26)35)30(4,5)6)31(34,21-11-15-24(16-12-21)32(7)8)22-13-17-25(18-14-22)33(9)10/h11-20,34-35H,1-10H3. The molecule has 0 aliphatic carbocycles. The fourth-order valence-electron chi connectivity index (χ4n) is 4.49. The molecule has 0 spiro atoms. The second-order valence-corrected chi connectivity index (χ2v) is 12.5. The Morgan fingerprint density at radius 1 is 0.571 bits per heavy atom. The van der Waals surface area contributed by atoms with Crippen molar-refractivity contribution in [3.63, 3.8) is 0 Å². The van der Waals surface area contributed by atoms with E-state index in [2.05, 4.69) is 87.7 Å². The number of rotatable bonds is 5. The van der Waals surface area contributed by atoms with Crippen LogP contribution in [0.3, 0.4) is 0 Å². The second kappa shape index (κ2) is 9.55. The van der Waals surface area contributed by atoms with E-state index in [0.717, 1.165) is 44.1 Å². The van der Waals surface area contributed by atoms with Gasteiger partial charge in [-0.1, -0.05) is 77.9 Å². The molecule has 0 bridgehead atoms. The number of nitrogens with zero attached hydrogens (tertiary/aromatic N) is 2. The molecule has 0 saturated heterocycles. The van der Waals surface area contributed by atoms with E-state index in [1.54, 1.807) is 0 Å². The minimum atomic E-state index is -1.32. The monoisotopic (exact) mass is 490 g/mol. The van der Waals surface area contributed by atoms with Gasteiger partial charge in [0, 0.05) is 44.5 Å². The summed E-state index contributed by atoms with van der Waals surface area (Å²) in [5.41, 5.74) is 5.42.